The summed E-state index contributed by atoms with van der Waals surface area (Å²) in [6.07, 6.45) is 0. The molecule has 0 saturated carbocycles. The Morgan fingerprint density at radius 3 is 0.794 bits per heavy atom. The number of imide groups is 2. The van der Waals surface area contributed by atoms with Crippen molar-refractivity contribution in [3.8, 4) is 44.5 Å². The van der Waals surface area contributed by atoms with E-state index in [1.54, 1.807) is 14.1 Å². The van der Waals surface area contributed by atoms with Crippen LogP contribution in [0.1, 0.15) is 22.8 Å². The Hall–Kier alpha value is -7.80. The number of hydrogen-bond acceptors (Lipinski definition) is 8. The molecule has 4 aromatic carbocycles. The molecule has 12 heteroatoms. The molecule has 4 fully saturated rings. The lowest BCUT2D eigenvalue weighted by molar-refractivity contribution is -0.141. The molecule has 12 nitrogen and oxygen atoms in total. The molecular formula is C56H46N8O4. The van der Waals surface area contributed by atoms with Crippen molar-refractivity contribution in [3.05, 3.63) is 168 Å². The van der Waals surface area contributed by atoms with E-state index in [1.165, 1.54) is 9.80 Å². The molecule has 4 amide bonds. The van der Waals surface area contributed by atoms with E-state index in [9.17, 15) is 0 Å². The molecule has 0 aliphatic carbocycles. The second-order valence-corrected chi connectivity index (χ2v) is 19.5. The second-order valence-electron chi connectivity index (χ2n) is 19.5. The average Bonchev–Trinajstić information content (AvgIpc) is 4.24. The Kier molecular flexibility index (Phi) is 8.26. The first-order valence-corrected chi connectivity index (χ1v) is 23.0. The number of hydrogen-bond donors (Lipinski definition) is 2. The number of likely N-dealkylation sites (tertiary alicyclic amines) is 4. The number of likely N-dealkylation sites (N-methyl/N-ethyl adjacent to an activating group) is 4. The van der Waals surface area contributed by atoms with Crippen LogP contribution in [-0.2, 0) is 40.8 Å². The fraction of sp³-hybridized carbons (Fsp3) is 0.214. The predicted octanol–water partition coefficient (Wildman–Crippen LogP) is 7.22. The summed E-state index contributed by atoms with van der Waals surface area (Å²) in [6, 6.07) is 47.7. The van der Waals surface area contributed by atoms with Crippen LogP contribution in [0, 0.1) is 0 Å². The van der Waals surface area contributed by atoms with Gasteiger partial charge in [-0.15, -0.1) is 0 Å². The highest BCUT2D eigenvalue weighted by Gasteiger charge is 2.79. The number of amides is 4. The fourth-order valence-corrected chi connectivity index (χ4v) is 13.3. The van der Waals surface area contributed by atoms with Gasteiger partial charge < -0.3 is 19.8 Å². The van der Waals surface area contributed by atoms with Crippen molar-refractivity contribution >= 4 is 45.7 Å². The first-order chi connectivity index (χ1) is 33.0. The highest BCUT2D eigenvalue weighted by atomic mass is 16.2. The lowest BCUT2D eigenvalue weighted by atomic mass is 9.63. The third kappa shape index (κ3) is 4.75. The standard InChI is InChI=1S/C56H46N8O4/c1-61-29-53-45-41(33-17-9-5-10-18-33)37-25-27-39(57-37)43(35-21-13-7-14-22-35)47-55-31-62(2)32-56(55,52(68)64(4)51(55)67)48(60-47)44(36-23-15-8-16-24-36)40-28-26-38(58-40)42(34-19-11-6-12-20-34)46(59-45)54(53,30-61)50(66)63(3)49(53)65/h5-28,57-58H,29-32H2,1-4H3/t53-,54+,55+,56-. The SMILES string of the molecule is CN1C[C@@]23C(=O)N(C)C(=O)[C@]2(C1)c1nc3c(-c2ccccc2)c2ccc([nH]2)c(-c2ccccc2)c2nc(c(-c3ccccc3)c3ccc([nH]3)c1-c1ccccc1)[C@@]13CN(C)C[C@@]21C(=O)N(C)C3=O. The zero-order valence-corrected chi connectivity index (χ0v) is 38.0. The molecular weight excluding hydrogens is 849 g/mol. The van der Waals surface area contributed by atoms with E-state index in [1.807, 2.05) is 160 Å². The molecule has 334 valence electrons. The highest BCUT2D eigenvalue weighted by molar-refractivity contribution is 6.20. The summed E-state index contributed by atoms with van der Waals surface area (Å²) >= 11 is 0. The summed E-state index contributed by atoms with van der Waals surface area (Å²) in [4.78, 5) is 87.6. The predicted molar refractivity (Wildman–Crippen MR) is 260 cm³/mol. The van der Waals surface area contributed by atoms with Crippen molar-refractivity contribution in [1.29, 1.82) is 0 Å². The van der Waals surface area contributed by atoms with Gasteiger partial charge in [-0.3, -0.25) is 38.9 Å². The number of fused-ring (bicyclic) bond motifs is 8. The van der Waals surface area contributed by atoms with E-state index in [-0.39, 0.29) is 49.8 Å². The minimum absolute atomic E-state index is 0.260. The van der Waals surface area contributed by atoms with Crippen LogP contribution in [-0.4, -0.2) is 118 Å². The summed E-state index contributed by atoms with van der Waals surface area (Å²) in [5.41, 5.74) is 5.06. The third-order valence-corrected chi connectivity index (χ3v) is 15.9. The molecule has 0 unspecified atom stereocenters. The molecule has 4 atom stereocenters. The summed E-state index contributed by atoms with van der Waals surface area (Å²) < 4.78 is 0. The molecule has 8 bridgehead atoms. The number of aromatic nitrogens is 4. The smallest absolute Gasteiger partial charge is 0.244 e. The number of aromatic amines is 2. The van der Waals surface area contributed by atoms with Crippen molar-refractivity contribution in [1.82, 2.24) is 39.5 Å². The number of carbonyl (C=O) groups excluding carboxylic acids is 4. The van der Waals surface area contributed by atoms with Gasteiger partial charge in [0.05, 0.1) is 22.8 Å². The molecule has 0 spiro atoms. The van der Waals surface area contributed by atoms with Crippen LogP contribution in [0.4, 0.5) is 0 Å². The van der Waals surface area contributed by atoms with Crippen molar-refractivity contribution in [3.63, 3.8) is 0 Å². The molecule has 4 saturated heterocycles. The highest BCUT2D eigenvalue weighted by Crippen LogP contribution is 2.63. The van der Waals surface area contributed by atoms with Gasteiger partial charge >= 0.3 is 0 Å². The minimum Gasteiger partial charge on any atom is -0.354 e. The fourth-order valence-electron chi connectivity index (χ4n) is 13.3. The van der Waals surface area contributed by atoms with Gasteiger partial charge in [-0.05, 0) is 60.6 Å². The van der Waals surface area contributed by atoms with Gasteiger partial charge in [0.25, 0.3) is 0 Å². The van der Waals surface area contributed by atoms with Crippen LogP contribution in [0.15, 0.2) is 146 Å². The minimum atomic E-state index is -1.40. The number of nitrogens with zero attached hydrogens (tertiary/aromatic N) is 6. The van der Waals surface area contributed by atoms with E-state index < -0.39 is 21.7 Å². The molecule has 2 N–H and O–H groups in total. The van der Waals surface area contributed by atoms with E-state index in [4.69, 9.17) is 9.97 Å². The molecule has 9 heterocycles. The number of carbonyl (C=O) groups is 4. The van der Waals surface area contributed by atoms with Crippen molar-refractivity contribution < 1.29 is 19.2 Å². The van der Waals surface area contributed by atoms with Gasteiger partial charge in [-0.25, -0.2) is 0 Å². The van der Waals surface area contributed by atoms with E-state index >= 15 is 19.2 Å². The maximum Gasteiger partial charge on any atom is 0.244 e. The van der Waals surface area contributed by atoms with Crippen LogP contribution < -0.4 is 0 Å². The van der Waals surface area contributed by atoms with Gasteiger partial charge in [0, 0.05) is 84.6 Å². The quantitative estimate of drug-likeness (QED) is 0.177. The molecule has 6 aliphatic heterocycles. The Bertz CT molecular complexity index is 3080. The van der Waals surface area contributed by atoms with Crippen LogP contribution >= 0.6 is 0 Å². The molecule has 7 aromatic rings. The van der Waals surface area contributed by atoms with Crippen LogP contribution in [0.3, 0.4) is 0 Å². The lowest BCUT2D eigenvalue weighted by Gasteiger charge is -2.29. The van der Waals surface area contributed by atoms with Crippen LogP contribution in [0.5, 0.6) is 0 Å². The third-order valence-electron chi connectivity index (χ3n) is 15.9. The van der Waals surface area contributed by atoms with Crippen LogP contribution in [0.2, 0.25) is 0 Å². The second kappa shape index (κ2) is 13.9. The summed E-state index contributed by atoms with van der Waals surface area (Å²) in [5, 5.41) is 0. The van der Waals surface area contributed by atoms with Crippen molar-refractivity contribution in [2.24, 2.45) is 0 Å². The Morgan fingerprint density at radius 2 is 0.574 bits per heavy atom. The summed E-state index contributed by atoms with van der Waals surface area (Å²) in [7, 11) is 7.14. The topological polar surface area (TPSA) is 139 Å². The first kappa shape index (κ1) is 40.5. The van der Waals surface area contributed by atoms with E-state index in [0.29, 0.717) is 67.1 Å². The van der Waals surface area contributed by atoms with Crippen molar-refractivity contribution in [2.75, 3.05) is 54.4 Å². The van der Waals surface area contributed by atoms with Gasteiger partial charge in [0.2, 0.25) is 23.6 Å². The molecule has 3 aromatic heterocycles. The maximum atomic E-state index is 15.4. The molecule has 13 rings (SSSR count). The van der Waals surface area contributed by atoms with E-state index in [0.717, 1.165) is 22.3 Å². The maximum absolute atomic E-state index is 15.4. The zero-order valence-electron chi connectivity index (χ0n) is 38.0. The lowest BCUT2D eigenvalue weighted by Crippen LogP contribution is -2.48. The van der Waals surface area contributed by atoms with Crippen molar-refractivity contribution in [2.45, 2.75) is 21.7 Å². The van der Waals surface area contributed by atoms with Gasteiger partial charge in [-0.1, -0.05) is 121 Å². The zero-order chi connectivity index (χ0) is 46.5. The number of H-pyrrole nitrogens is 2. The Balaban J connectivity index is 1.33. The summed E-state index contributed by atoms with van der Waals surface area (Å²) in [6.45, 7) is 1.04. The molecule has 6 aliphatic rings. The number of benzene rings is 4. The number of rotatable bonds is 4. The monoisotopic (exact) mass is 894 g/mol. The molecule has 68 heavy (non-hydrogen) atoms. The molecule has 0 radical (unpaired) electrons. The average molecular weight is 895 g/mol. The normalized spacial score (nSPS) is 25.3. The van der Waals surface area contributed by atoms with Crippen LogP contribution in [0.25, 0.3) is 66.6 Å². The van der Waals surface area contributed by atoms with Gasteiger partial charge in [-0.2, -0.15) is 0 Å². The Morgan fingerprint density at radius 1 is 0.353 bits per heavy atom. The Labute approximate surface area is 391 Å². The van der Waals surface area contributed by atoms with Gasteiger partial charge in [0.1, 0.15) is 21.7 Å². The summed E-state index contributed by atoms with van der Waals surface area (Å²) in [5.74, 6) is -1.20. The van der Waals surface area contributed by atoms with E-state index in [2.05, 4.69) is 19.8 Å². The first-order valence-electron chi connectivity index (χ1n) is 23.0. The number of nitrogens with one attached hydrogen (secondary N) is 2. The van der Waals surface area contributed by atoms with Gasteiger partial charge in [0.15, 0.2) is 0 Å². The largest absolute Gasteiger partial charge is 0.354 e.